The molecular weight excluding hydrogens is 374 g/mol. The predicted octanol–water partition coefficient (Wildman–Crippen LogP) is 4.87. The van der Waals surface area contributed by atoms with Gasteiger partial charge in [-0.1, -0.05) is 62.3 Å². The van der Waals surface area contributed by atoms with Gasteiger partial charge in [0.15, 0.2) is 0 Å². The molecule has 5 heteroatoms. The average Bonchev–Trinajstić information content (AvgIpc) is 3.23. The Hall–Kier alpha value is -1.36. The SMILES string of the molecule is COC(=O)C1CCCN1C1CC2=C(C(C)(C)C)C(C(C)(C)C)N=C(C(C)(C)C)N2C1. The number of hydrogen-bond acceptors (Lipinski definition) is 5. The molecule has 0 aliphatic carbocycles. The minimum absolute atomic E-state index is 0.0280. The molecule has 0 radical (unpaired) electrons. The van der Waals surface area contributed by atoms with Crippen molar-refractivity contribution in [2.24, 2.45) is 21.2 Å². The predicted molar refractivity (Wildman–Crippen MR) is 123 cm³/mol. The summed E-state index contributed by atoms with van der Waals surface area (Å²) in [5, 5.41) is 0. The summed E-state index contributed by atoms with van der Waals surface area (Å²) in [7, 11) is 1.51. The molecule has 0 saturated carbocycles. The number of ether oxygens (including phenoxy) is 1. The van der Waals surface area contributed by atoms with E-state index >= 15 is 0 Å². The Morgan fingerprint density at radius 1 is 1.03 bits per heavy atom. The van der Waals surface area contributed by atoms with Crippen LogP contribution >= 0.6 is 0 Å². The Labute approximate surface area is 183 Å². The van der Waals surface area contributed by atoms with Crippen molar-refractivity contribution in [2.45, 2.75) is 99.7 Å². The molecule has 0 N–H and O–H groups in total. The number of methoxy groups -OCH3 is 1. The van der Waals surface area contributed by atoms with E-state index in [-0.39, 0.29) is 34.3 Å². The molecule has 2 fully saturated rings. The molecule has 0 spiro atoms. The number of carbonyl (C=O) groups is 1. The van der Waals surface area contributed by atoms with Gasteiger partial charge in [0.1, 0.15) is 11.9 Å². The Morgan fingerprint density at radius 3 is 2.17 bits per heavy atom. The van der Waals surface area contributed by atoms with E-state index in [1.165, 1.54) is 24.2 Å². The van der Waals surface area contributed by atoms with Gasteiger partial charge < -0.3 is 9.64 Å². The first-order valence-electron chi connectivity index (χ1n) is 11.6. The molecule has 0 aromatic carbocycles. The fraction of sp³-hybridized carbons (Fsp3) is 0.840. The number of amidine groups is 1. The molecule has 5 nitrogen and oxygen atoms in total. The van der Waals surface area contributed by atoms with Crippen LogP contribution in [0.1, 0.15) is 81.6 Å². The lowest BCUT2D eigenvalue weighted by atomic mass is 9.70. The maximum Gasteiger partial charge on any atom is 0.323 e. The molecule has 3 aliphatic rings. The second-order valence-corrected chi connectivity index (χ2v) is 12.5. The van der Waals surface area contributed by atoms with Gasteiger partial charge in [-0.05, 0) is 35.8 Å². The summed E-state index contributed by atoms with van der Waals surface area (Å²) in [6.45, 7) is 22.6. The molecule has 0 bridgehead atoms. The third kappa shape index (κ3) is 4.19. The highest BCUT2D eigenvalue weighted by Gasteiger charge is 2.49. The summed E-state index contributed by atoms with van der Waals surface area (Å²) in [6, 6.07) is 0.399. The van der Waals surface area contributed by atoms with Crippen LogP contribution in [0.5, 0.6) is 0 Å². The molecule has 0 aromatic heterocycles. The van der Waals surface area contributed by atoms with Crippen molar-refractivity contribution >= 4 is 11.8 Å². The van der Waals surface area contributed by atoms with Crippen LogP contribution in [0, 0.1) is 16.2 Å². The number of aliphatic imine (C=N–C) groups is 1. The van der Waals surface area contributed by atoms with Gasteiger partial charge in [-0.2, -0.15) is 0 Å². The van der Waals surface area contributed by atoms with Crippen molar-refractivity contribution in [1.82, 2.24) is 9.80 Å². The van der Waals surface area contributed by atoms with Crippen molar-refractivity contribution < 1.29 is 9.53 Å². The highest BCUT2D eigenvalue weighted by molar-refractivity contribution is 5.91. The lowest BCUT2D eigenvalue weighted by Crippen LogP contribution is -2.48. The van der Waals surface area contributed by atoms with Crippen molar-refractivity contribution in [3.63, 3.8) is 0 Å². The first-order chi connectivity index (χ1) is 13.7. The minimum Gasteiger partial charge on any atom is -0.468 e. The summed E-state index contributed by atoms with van der Waals surface area (Å²) in [6.07, 6.45) is 2.95. The minimum atomic E-state index is -0.103. The number of esters is 1. The molecule has 3 aliphatic heterocycles. The van der Waals surface area contributed by atoms with E-state index in [1.807, 2.05) is 0 Å². The summed E-state index contributed by atoms with van der Waals surface area (Å²) in [5.74, 6) is 1.11. The van der Waals surface area contributed by atoms with Crippen LogP contribution in [0.2, 0.25) is 0 Å². The maximum atomic E-state index is 12.4. The number of likely N-dealkylation sites (tertiary alicyclic amines) is 1. The Kier molecular flexibility index (Phi) is 5.94. The fourth-order valence-electron chi connectivity index (χ4n) is 5.51. The normalized spacial score (nSPS) is 28.7. The van der Waals surface area contributed by atoms with E-state index in [1.54, 1.807) is 0 Å². The lowest BCUT2D eigenvalue weighted by Gasteiger charge is -2.45. The Morgan fingerprint density at radius 2 is 1.67 bits per heavy atom. The summed E-state index contributed by atoms with van der Waals surface area (Å²) in [4.78, 5) is 22.7. The fourth-order valence-corrected chi connectivity index (χ4v) is 5.51. The molecule has 2 saturated heterocycles. The zero-order chi connectivity index (χ0) is 22.6. The highest BCUT2D eigenvalue weighted by atomic mass is 16.5. The third-order valence-electron chi connectivity index (χ3n) is 6.78. The van der Waals surface area contributed by atoms with Gasteiger partial charge in [-0.3, -0.25) is 14.7 Å². The zero-order valence-electron chi connectivity index (χ0n) is 20.9. The molecule has 3 heterocycles. The molecule has 3 unspecified atom stereocenters. The van der Waals surface area contributed by atoms with E-state index in [0.717, 1.165) is 32.4 Å². The van der Waals surface area contributed by atoms with E-state index in [2.05, 4.69) is 72.1 Å². The van der Waals surface area contributed by atoms with Gasteiger partial charge in [-0.15, -0.1) is 0 Å². The van der Waals surface area contributed by atoms with E-state index < -0.39 is 0 Å². The van der Waals surface area contributed by atoms with Crippen LogP contribution in [-0.4, -0.2) is 59.9 Å². The first kappa shape index (κ1) is 23.3. The topological polar surface area (TPSA) is 45.1 Å². The molecule has 30 heavy (non-hydrogen) atoms. The van der Waals surface area contributed by atoms with E-state index in [0.29, 0.717) is 6.04 Å². The number of rotatable bonds is 2. The van der Waals surface area contributed by atoms with Crippen LogP contribution in [0.25, 0.3) is 0 Å². The monoisotopic (exact) mass is 417 g/mol. The van der Waals surface area contributed by atoms with Gasteiger partial charge in [0, 0.05) is 30.1 Å². The second-order valence-electron chi connectivity index (χ2n) is 12.5. The van der Waals surface area contributed by atoms with Crippen LogP contribution < -0.4 is 0 Å². The number of fused-ring (bicyclic) bond motifs is 1. The van der Waals surface area contributed by atoms with Gasteiger partial charge in [-0.25, -0.2) is 0 Å². The third-order valence-corrected chi connectivity index (χ3v) is 6.78. The van der Waals surface area contributed by atoms with Crippen molar-refractivity contribution in [3.8, 4) is 0 Å². The van der Waals surface area contributed by atoms with Crippen molar-refractivity contribution in [2.75, 3.05) is 20.2 Å². The standard InChI is InChI=1S/C25H43N3O2/c1-23(2,3)19-18-14-16(27-13-11-12-17(27)21(29)30-10)15-28(18)22(25(7,8)9)26-20(19)24(4,5)6/h16-17,20H,11-15H2,1-10H3. The van der Waals surface area contributed by atoms with E-state index in [9.17, 15) is 4.79 Å². The average molecular weight is 418 g/mol. The lowest BCUT2D eigenvalue weighted by molar-refractivity contribution is -0.146. The molecule has 0 aromatic rings. The summed E-state index contributed by atoms with van der Waals surface area (Å²) < 4.78 is 5.13. The Balaban J connectivity index is 2.08. The zero-order valence-corrected chi connectivity index (χ0v) is 20.9. The van der Waals surface area contributed by atoms with Gasteiger partial charge in [0.05, 0.1) is 13.2 Å². The van der Waals surface area contributed by atoms with Gasteiger partial charge >= 0.3 is 5.97 Å². The number of nitrogens with zero attached hydrogens (tertiary/aromatic N) is 3. The highest BCUT2D eigenvalue weighted by Crippen LogP contribution is 2.48. The van der Waals surface area contributed by atoms with Crippen molar-refractivity contribution in [3.05, 3.63) is 11.3 Å². The second kappa shape index (κ2) is 7.65. The Bertz CT molecular complexity index is 746. The summed E-state index contributed by atoms with van der Waals surface area (Å²) >= 11 is 0. The van der Waals surface area contributed by atoms with Crippen LogP contribution in [0.15, 0.2) is 16.3 Å². The largest absolute Gasteiger partial charge is 0.468 e. The summed E-state index contributed by atoms with van der Waals surface area (Å²) in [5.41, 5.74) is 2.99. The number of hydrogen-bond donors (Lipinski definition) is 0. The number of carbonyl (C=O) groups excluding carboxylic acids is 1. The van der Waals surface area contributed by atoms with Gasteiger partial charge in [0.25, 0.3) is 0 Å². The molecule has 3 rings (SSSR count). The van der Waals surface area contributed by atoms with Crippen molar-refractivity contribution in [1.29, 1.82) is 0 Å². The van der Waals surface area contributed by atoms with Gasteiger partial charge in [0.2, 0.25) is 0 Å². The smallest absolute Gasteiger partial charge is 0.323 e. The quantitative estimate of drug-likeness (QED) is 0.601. The molecule has 3 atom stereocenters. The molecule has 0 amide bonds. The maximum absolute atomic E-state index is 12.4. The van der Waals surface area contributed by atoms with Crippen LogP contribution in [-0.2, 0) is 9.53 Å². The molecular formula is C25H43N3O2. The van der Waals surface area contributed by atoms with Crippen LogP contribution in [0.4, 0.5) is 0 Å². The van der Waals surface area contributed by atoms with Crippen LogP contribution in [0.3, 0.4) is 0 Å². The molecule has 170 valence electrons. The first-order valence-corrected chi connectivity index (χ1v) is 11.6. The van der Waals surface area contributed by atoms with E-state index in [4.69, 9.17) is 9.73 Å².